The number of carbonyl (C=O) groups is 2. The SMILES string of the molecule is CCOC(=O)c1sc2nc(C)cc(C)c2c1NC(=O)CSc1nnnn1-c1c(C)cccc1C. The molecule has 3 aromatic heterocycles. The molecule has 1 amide bonds. The maximum atomic E-state index is 13.0. The first-order chi connectivity index (χ1) is 16.3. The number of thiophene rings is 1. The number of fused-ring (bicyclic) bond motifs is 1. The van der Waals surface area contributed by atoms with E-state index >= 15 is 0 Å². The molecule has 4 aromatic rings. The monoisotopic (exact) mass is 496 g/mol. The normalized spacial score (nSPS) is 11.1. The average molecular weight is 497 g/mol. The highest BCUT2D eigenvalue weighted by molar-refractivity contribution is 7.99. The van der Waals surface area contributed by atoms with Gasteiger partial charge in [0, 0.05) is 11.1 Å². The summed E-state index contributed by atoms with van der Waals surface area (Å²) in [5, 5.41) is 16.2. The summed E-state index contributed by atoms with van der Waals surface area (Å²) in [5.74, 6) is -0.709. The number of thioether (sulfide) groups is 1. The van der Waals surface area contributed by atoms with Crippen molar-refractivity contribution in [3.63, 3.8) is 0 Å². The number of hydrogen-bond acceptors (Lipinski definition) is 9. The molecule has 176 valence electrons. The zero-order valence-electron chi connectivity index (χ0n) is 19.5. The molecule has 0 saturated heterocycles. The topological polar surface area (TPSA) is 112 Å². The first-order valence-electron chi connectivity index (χ1n) is 10.7. The van der Waals surface area contributed by atoms with E-state index in [4.69, 9.17) is 4.74 Å². The standard InChI is InChI=1S/C23H24N6O3S2/c1-6-32-22(31)20-18(17-14(4)10-15(5)24-21(17)34-20)25-16(30)11-33-23-26-27-28-29(23)19-12(2)8-7-9-13(19)3/h7-10H,6,11H2,1-5H3,(H,25,30). The van der Waals surface area contributed by atoms with Gasteiger partial charge in [-0.25, -0.2) is 9.78 Å². The van der Waals surface area contributed by atoms with Crippen molar-refractivity contribution < 1.29 is 14.3 Å². The number of amides is 1. The Balaban J connectivity index is 1.59. The van der Waals surface area contributed by atoms with Crippen LogP contribution in [0, 0.1) is 27.7 Å². The van der Waals surface area contributed by atoms with Gasteiger partial charge in [-0.3, -0.25) is 4.79 Å². The summed E-state index contributed by atoms with van der Waals surface area (Å²) in [7, 11) is 0. The van der Waals surface area contributed by atoms with Gasteiger partial charge < -0.3 is 10.1 Å². The maximum absolute atomic E-state index is 13.0. The number of pyridine rings is 1. The Morgan fingerprint density at radius 2 is 1.88 bits per heavy atom. The average Bonchev–Trinajstić information content (AvgIpc) is 3.37. The zero-order valence-corrected chi connectivity index (χ0v) is 21.1. The van der Waals surface area contributed by atoms with Crippen LogP contribution < -0.4 is 5.32 Å². The third kappa shape index (κ3) is 4.66. The number of tetrazole rings is 1. The second-order valence-electron chi connectivity index (χ2n) is 7.74. The van der Waals surface area contributed by atoms with Crippen molar-refractivity contribution in [1.82, 2.24) is 25.2 Å². The van der Waals surface area contributed by atoms with Crippen LogP contribution in [0.3, 0.4) is 0 Å². The van der Waals surface area contributed by atoms with Crippen LogP contribution in [-0.4, -0.2) is 49.4 Å². The minimum absolute atomic E-state index is 0.0588. The lowest BCUT2D eigenvalue weighted by Gasteiger charge is -2.11. The van der Waals surface area contributed by atoms with E-state index in [1.54, 1.807) is 11.6 Å². The smallest absolute Gasteiger partial charge is 0.350 e. The van der Waals surface area contributed by atoms with E-state index in [1.165, 1.54) is 23.1 Å². The number of rotatable bonds is 7. The molecular weight excluding hydrogens is 472 g/mol. The molecule has 1 aromatic carbocycles. The number of aromatic nitrogens is 5. The fraction of sp³-hybridized carbons (Fsp3) is 0.304. The Morgan fingerprint density at radius 1 is 1.15 bits per heavy atom. The van der Waals surface area contributed by atoms with Crippen LogP contribution in [0.1, 0.15) is 39.0 Å². The summed E-state index contributed by atoms with van der Waals surface area (Å²) >= 11 is 2.44. The molecule has 0 bridgehead atoms. The van der Waals surface area contributed by atoms with Crippen LogP contribution in [-0.2, 0) is 9.53 Å². The van der Waals surface area contributed by atoms with E-state index in [2.05, 4.69) is 25.8 Å². The highest BCUT2D eigenvalue weighted by atomic mass is 32.2. The largest absolute Gasteiger partial charge is 0.462 e. The molecule has 0 radical (unpaired) electrons. The fourth-order valence-electron chi connectivity index (χ4n) is 3.76. The number of ether oxygens (including phenoxy) is 1. The minimum Gasteiger partial charge on any atom is -0.462 e. The van der Waals surface area contributed by atoms with Gasteiger partial charge in [0.1, 0.15) is 9.71 Å². The van der Waals surface area contributed by atoms with Crippen LogP contribution in [0.4, 0.5) is 5.69 Å². The number of esters is 1. The first kappa shape index (κ1) is 23.8. The molecule has 0 unspecified atom stereocenters. The van der Waals surface area contributed by atoms with Gasteiger partial charge in [0.05, 0.1) is 23.7 Å². The Bertz CT molecular complexity index is 1370. The van der Waals surface area contributed by atoms with E-state index in [0.717, 1.165) is 33.5 Å². The molecule has 0 spiro atoms. The lowest BCUT2D eigenvalue weighted by atomic mass is 10.1. The third-order valence-electron chi connectivity index (χ3n) is 5.14. The minimum atomic E-state index is -0.482. The van der Waals surface area contributed by atoms with Crippen LogP contribution in [0.2, 0.25) is 0 Å². The quantitative estimate of drug-likeness (QED) is 0.296. The molecule has 11 heteroatoms. The Labute approximate surface area is 204 Å². The van der Waals surface area contributed by atoms with Gasteiger partial charge in [0.2, 0.25) is 11.1 Å². The summed E-state index contributed by atoms with van der Waals surface area (Å²) in [4.78, 5) is 31.1. The second-order valence-corrected chi connectivity index (χ2v) is 9.68. The van der Waals surface area contributed by atoms with Crippen molar-refractivity contribution in [3.8, 4) is 5.69 Å². The van der Waals surface area contributed by atoms with E-state index in [-0.39, 0.29) is 18.3 Å². The number of nitrogens with zero attached hydrogens (tertiary/aromatic N) is 5. The van der Waals surface area contributed by atoms with E-state index < -0.39 is 5.97 Å². The van der Waals surface area contributed by atoms with Crippen molar-refractivity contribution in [2.75, 3.05) is 17.7 Å². The Hall–Kier alpha value is -3.31. The predicted octanol–water partition coefficient (Wildman–Crippen LogP) is 4.41. The summed E-state index contributed by atoms with van der Waals surface area (Å²) in [6.07, 6.45) is 0. The van der Waals surface area contributed by atoms with Gasteiger partial charge >= 0.3 is 5.97 Å². The molecule has 1 N–H and O–H groups in total. The molecule has 0 aliphatic carbocycles. The van der Waals surface area contributed by atoms with Crippen LogP contribution in [0.15, 0.2) is 29.4 Å². The van der Waals surface area contributed by atoms with Gasteiger partial charge in [-0.05, 0) is 67.8 Å². The number of anilines is 1. The fourth-order valence-corrected chi connectivity index (χ4v) is 5.58. The van der Waals surface area contributed by atoms with E-state index in [9.17, 15) is 9.59 Å². The van der Waals surface area contributed by atoms with Crippen molar-refractivity contribution in [2.24, 2.45) is 0 Å². The summed E-state index contributed by atoms with van der Waals surface area (Å²) in [6, 6.07) is 7.88. The lowest BCUT2D eigenvalue weighted by molar-refractivity contribution is -0.113. The van der Waals surface area contributed by atoms with Crippen molar-refractivity contribution in [2.45, 2.75) is 39.8 Å². The highest BCUT2D eigenvalue weighted by Gasteiger charge is 2.24. The second kappa shape index (κ2) is 9.90. The molecule has 0 saturated carbocycles. The van der Waals surface area contributed by atoms with Crippen molar-refractivity contribution >= 4 is 50.9 Å². The molecule has 34 heavy (non-hydrogen) atoms. The molecule has 0 atom stereocenters. The number of para-hydroxylation sites is 1. The number of nitrogens with one attached hydrogen (secondary N) is 1. The van der Waals surface area contributed by atoms with Crippen LogP contribution in [0.25, 0.3) is 15.9 Å². The molecule has 9 nitrogen and oxygen atoms in total. The summed E-state index contributed by atoms with van der Waals surface area (Å²) in [5.41, 5.74) is 5.15. The van der Waals surface area contributed by atoms with Gasteiger partial charge in [0.25, 0.3) is 0 Å². The summed E-state index contributed by atoms with van der Waals surface area (Å²) < 4.78 is 6.86. The first-order valence-corrected chi connectivity index (χ1v) is 12.5. The molecule has 0 aliphatic heterocycles. The van der Waals surface area contributed by atoms with Crippen LogP contribution >= 0.6 is 23.1 Å². The van der Waals surface area contributed by atoms with Crippen molar-refractivity contribution in [3.05, 3.63) is 51.5 Å². The van der Waals surface area contributed by atoms with Gasteiger partial charge in [-0.1, -0.05) is 30.0 Å². The number of benzene rings is 1. The van der Waals surface area contributed by atoms with Gasteiger partial charge in [-0.15, -0.1) is 16.4 Å². The lowest BCUT2D eigenvalue weighted by Crippen LogP contribution is -2.17. The summed E-state index contributed by atoms with van der Waals surface area (Å²) in [6.45, 7) is 9.79. The van der Waals surface area contributed by atoms with Crippen molar-refractivity contribution in [1.29, 1.82) is 0 Å². The van der Waals surface area contributed by atoms with Crippen LogP contribution in [0.5, 0.6) is 0 Å². The van der Waals surface area contributed by atoms with Gasteiger partial charge in [0.15, 0.2) is 0 Å². The molecule has 4 rings (SSSR count). The number of aryl methyl sites for hydroxylation is 4. The number of hydrogen-bond donors (Lipinski definition) is 1. The van der Waals surface area contributed by atoms with E-state index in [0.29, 0.717) is 20.6 Å². The molecule has 0 aliphatic rings. The predicted molar refractivity (Wildman–Crippen MR) is 133 cm³/mol. The highest BCUT2D eigenvalue weighted by Crippen LogP contribution is 2.38. The Morgan fingerprint density at radius 3 is 2.59 bits per heavy atom. The Kier molecular flexibility index (Phi) is 6.94. The molecular formula is C23H24N6O3S2. The number of carbonyl (C=O) groups excluding carboxylic acids is 2. The molecule has 3 heterocycles. The third-order valence-corrected chi connectivity index (χ3v) is 7.12. The molecule has 0 fully saturated rings. The zero-order chi connectivity index (χ0) is 24.4. The maximum Gasteiger partial charge on any atom is 0.350 e. The van der Waals surface area contributed by atoms with Gasteiger partial charge in [-0.2, -0.15) is 4.68 Å². The van der Waals surface area contributed by atoms with E-state index in [1.807, 2.05) is 52.0 Å².